The molecule has 9 heteroatoms. The maximum atomic E-state index is 13.8. The van der Waals surface area contributed by atoms with Crippen LogP contribution in [0, 0.1) is 11.7 Å². The lowest BCUT2D eigenvalue weighted by Crippen LogP contribution is -2.40. The van der Waals surface area contributed by atoms with Crippen molar-refractivity contribution in [3.8, 4) is 0 Å². The van der Waals surface area contributed by atoms with Crippen LogP contribution in [0.25, 0.3) is 0 Å². The number of nitrogens with one attached hydrogen (secondary N) is 2. The Balaban J connectivity index is 1.91. The molecule has 0 aliphatic carbocycles. The van der Waals surface area contributed by atoms with Gasteiger partial charge in [-0.1, -0.05) is 12.1 Å². The number of esters is 1. The van der Waals surface area contributed by atoms with E-state index in [1.165, 1.54) is 30.1 Å². The Morgan fingerprint density at radius 3 is 2.71 bits per heavy atom. The van der Waals surface area contributed by atoms with Gasteiger partial charge >= 0.3 is 12.0 Å². The second kappa shape index (κ2) is 7.53. The molecule has 8 nitrogen and oxygen atoms in total. The summed E-state index contributed by atoms with van der Waals surface area (Å²) in [5.74, 6) is -3.32. The molecule has 1 aliphatic heterocycles. The Morgan fingerprint density at radius 2 is 2.04 bits per heavy atom. The lowest BCUT2D eigenvalue weighted by atomic mass is 10.1. The molecule has 1 aromatic rings. The third kappa shape index (κ3) is 4.06. The molecule has 0 aromatic heterocycles. The Hall–Kier alpha value is -2.97. The lowest BCUT2D eigenvalue weighted by Gasteiger charge is -2.17. The predicted molar refractivity (Wildman–Crippen MR) is 80.4 cm³/mol. The molecule has 1 fully saturated rings. The number of anilines is 1. The van der Waals surface area contributed by atoms with Crippen molar-refractivity contribution >= 4 is 29.5 Å². The van der Waals surface area contributed by atoms with Crippen LogP contribution < -0.4 is 15.5 Å². The monoisotopic (exact) mass is 337 g/mol. The van der Waals surface area contributed by atoms with Gasteiger partial charge in [0, 0.05) is 20.0 Å². The first-order chi connectivity index (χ1) is 11.4. The number of carbonyl (C=O) groups excluding carboxylic acids is 4. The standard InChI is InChI=1S/C15H16FN3O5/c1-17-15(23)18-12(20)8-24-14(22)9-6-13(21)19(7-9)11-5-3-2-4-10(11)16/h2-5,9H,6-8H2,1H3,(H2,17,18,20,23)/t9-/m0/s1. The van der Waals surface area contributed by atoms with E-state index in [1.54, 1.807) is 6.07 Å². The van der Waals surface area contributed by atoms with Crippen LogP contribution in [0.5, 0.6) is 0 Å². The maximum absolute atomic E-state index is 13.8. The van der Waals surface area contributed by atoms with Gasteiger partial charge in [-0.3, -0.25) is 19.7 Å². The van der Waals surface area contributed by atoms with E-state index in [4.69, 9.17) is 4.74 Å². The average molecular weight is 337 g/mol. The smallest absolute Gasteiger partial charge is 0.321 e. The first-order valence-electron chi connectivity index (χ1n) is 7.15. The number of benzene rings is 1. The predicted octanol–water partition coefficient (Wildman–Crippen LogP) is 0.177. The number of amides is 4. The Labute approximate surface area is 136 Å². The average Bonchev–Trinajstić information content (AvgIpc) is 2.94. The molecule has 0 bridgehead atoms. The van der Waals surface area contributed by atoms with Gasteiger partial charge in [0.25, 0.3) is 5.91 Å². The highest BCUT2D eigenvalue weighted by molar-refractivity contribution is 6.00. The van der Waals surface area contributed by atoms with Gasteiger partial charge in [-0.2, -0.15) is 0 Å². The Bertz CT molecular complexity index is 679. The maximum Gasteiger partial charge on any atom is 0.321 e. The minimum atomic E-state index is -0.801. The zero-order valence-electron chi connectivity index (χ0n) is 12.9. The van der Waals surface area contributed by atoms with Gasteiger partial charge in [0.15, 0.2) is 6.61 Å². The van der Waals surface area contributed by atoms with E-state index < -0.39 is 42.2 Å². The Morgan fingerprint density at radius 1 is 1.33 bits per heavy atom. The molecule has 4 amide bonds. The first kappa shape index (κ1) is 17.4. The van der Waals surface area contributed by atoms with Crippen LogP contribution >= 0.6 is 0 Å². The van der Waals surface area contributed by atoms with Gasteiger partial charge in [0.1, 0.15) is 5.82 Å². The highest BCUT2D eigenvalue weighted by Crippen LogP contribution is 2.27. The van der Waals surface area contributed by atoms with Gasteiger partial charge in [-0.05, 0) is 12.1 Å². The van der Waals surface area contributed by atoms with E-state index in [-0.39, 0.29) is 18.7 Å². The van der Waals surface area contributed by atoms with Crippen molar-refractivity contribution in [2.24, 2.45) is 5.92 Å². The summed E-state index contributed by atoms with van der Waals surface area (Å²) in [6, 6.07) is 5.02. The molecule has 2 rings (SSSR count). The number of hydrogen-bond acceptors (Lipinski definition) is 5. The molecule has 1 atom stereocenters. The number of rotatable bonds is 4. The molecular formula is C15H16FN3O5. The second-order valence-electron chi connectivity index (χ2n) is 5.09. The molecule has 1 heterocycles. The summed E-state index contributed by atoms with van der Waals surface area (Å²) in [5.41, 5.74) is 0.0927. The van der Waals surface area contributed by atoms with Crippen molar-refractivity contribution in [3.63, 3.8) is 0 Å². The number of ether oxygens (including phenoxy) is 1. The normalized spacial score (nSPS) is 16.7. The fourth-order valence-corrected chi connectivity index (χ4v) is 2.25. The van der Waals surface area contributed by atoms with E-state index in [0.717, 1.165) is 0 Å². The highest BCUT2D eigenvalue weighted by atomic mass is 19.1. The van der Waals surface area contributed by atoms with Crippen molar-refractivity contribution in [3.05, 3.63) is 30.1 Å². The van der Waals surface area contributed by atoms with Crippen LogP contribution in [0.2, 0.25) is 0 Å². The van der Waals surface area contributed by atoms with E-state index in [9.17, 15) is 23.6 Å². The molecule has 24 heavy (non-hydrogen) atoms. The van der Waals surface area contributed by atoms with E-state index >= 15 is 0 Å². The zero-order valence-corrected chi connectivity index (χ0v) is 12.9. The number of nitrogens with zero attached hydrogens (tertiary/aromatic N) is 1. The van der Waals surface area contributed by atoms with Crippen LogP contribution in [-0.4, -0.2) is 44.0 Å². The second-order valence-corrected chi connectivity index (χ2v) is 5.09. The van der Waals surface area contributed by atoms with E-state index in [2.05, 4.69) is 5.32 Å². The summed E-state index contributed by atoms with van der Waals surface area (Å²) in [6.07, 6.45) is -0.135. The fraction of sp³-hybridized carbons (Fsp3) is 0.333. The summed E-state index contributed by atoms with van der Waals surface area (Å²) >= 11 is 0. The highest BCUT2D eigenvalue weighted by Gasteiger charge is 2.37. The van der Waals surface area contributed by atoms with Crippen LogP contribution in [0.15, 0.2) is 24.3 Å². The quantitative estimate of drug-likeness (QED) is 0.763. The number of imide groups is 1. The molecule has 0 spiro atoms. The number of para-hydroxylation sites is 1. The molecular weight excluding hydrogens is 321 g/mol. The van der Waals surface area contributed by atoms with Crippen molar-refractivity contribution in [1.82, 2.24) is 10.6 Å². The molecule has 1 aliphatic rings. The van der Waals surface area contributed by atoms with Gasteiger partial charge in [-0.15, -0.1) is 0 Å². The summed E-state index contributed by atoms with van der Waals surface area (Å²) in [6.45, 7) is -0.674. The molecule has 2 N–H and O–H groups in total. The van der Waals surface area contributed by atoms with Crippen molar-refractivity contribution in [2.75, 3.05) is 25.1 Å². The molecule has 128 valence electrons. The molecule has 0 radical (unpaired) electrons. The van der Waals surface area contributed by atoms with Crippen molar-refractivity contribution < 1.29 is 28.3 Å². The van der Waals surface area contributed by atoms with Gasteiger partial charge < -0.3 is 15.0 Å². The van der Waals surface area contributed by atoms with E-state index in [0.29, 0.717) is 0 Å². The van der Waals surface area contributed by atoms with Gasteiger partial charge in [-0.25, -0.2) is 9.18 Å². The molecule has 1 aromatic carbocycles. The SMILES string of the molecule is CNC(=O)NC(=O)COC(=O)[C@H]1CC(=O)N(c2ccccc2F)C1. The van der Waals surface area contributed by atoms with Crippen molar-refractivity contribution in [1.29, 1.82) is 0 Å². The summed E-state index contributed by atoms with van der Waals surface area (Å²) in [5, 5.41) is 4.11. The van der Waals surface area contributed by atoms with Crippen LogP contribution in [0.4, 0.5) is 14.9 Å². The van der Waals surface area contributed by atoms with Crippen LogP contribution in [-0.2, 0) is 19.1 Å². The molecule has 1 saturated heterocycles. The number of urea groups is 1. The minimum absolute atomic E-state index is 0.0321. The minimum Gasteiger partial charge on any atom is -0.455 e. The number of hydrogen-bond donors (Lipinski definition) is 2. The third-order valence-electron chi connectivity index (χ3n) is 3.43. The van der Waals surface area contributed by atoms with Crippen LogP contribution in [0.1, 0.15) is 6.42 Å². The Kier molecular flexibility index (Phi) is 5.46. The number of halogens is 1. The molecule has 0 saturated carbocycles. The topological polar surface area (TPSA) is 105 Å². The summed E-state index contributed by atoms with van der Waals surface area (Å²) < 4.78 is 18.5. The van der Waals surface area contributed by atoms with Gasteiger partial charge in [0.05, 0.1) is 11.6 Å². The van der Waals surface area contributed by atoms with Crippen LogP contribution in [0.3, 0.4) is 0 Å². The lowest BCUT2D eigenvalue weighted by molar-refractivity contribution is -0.152. The van der Waals surface area contributed by atoms with E-state index in [1.807, 2.05) is 5.32 Å². The number of carbonyl (C=O) groups is 4. The first-order valence-corrected chi connectivity index (χ1v) is 7.15. The fourth-order valence-electron chi connectivity index (χ4n) is 2.25. The third-order valence-corrected chi connectivity index (χ3v) is 3.43. The molecule has 0 unspecified atom stereocenters. The summed E-state index contributed by atoms with van der Waals surface area (Å²) in [4.78, 5) is 47.4. The van der Waals surface area contributed by atoms with Gasteiger partial charge in [0.2, 0.25) is 5.91 Å². The zero-order chi connectivity index (χ0) is 17.7. The summed E-state index contributed by atoms with van der Waals surface area (Å²) in [7, 11) is 1.33. The van der Waals surface area contributed by atoms with Crippen molar-refractivity contribution in [2.45, 2.75) is 6.42 Å². The largest absolute Gasteiger partial charge is 0.455 e.